The maximum absolute atomic E-state index is 12.8. The minimum Gasteiger partial charge on any atom is -0.396 e. The smallest absolute Gasteiger partial charge is 0.243 e. The van der Waals surface area contributed by atoms with Crippen molar-refractivity contribution >= 4 is 44.0 Å². The van der Waals surface area contributed by atoms with Crippen LogP contribution in [0.1, 0.15) is 13.3 Å². The molecule has 3 unspecified atom stereocenters. The Balaban J connectivity index is 0.00000312. The lowest BCUT2D eigenvalue weighted by atomic mass is 10.0. The molecule has 0 aromatic rings. The van der Waals surface area contributed by atoms with Gasteiger partial charge < -0.3 is 15.2 Å². The van der Waals surface area contributed by atoms with Crippen LogP contribution in [0.25, 0.3) is 0 Å². The van der Waals surface area contributed by atoms with Crippen molar-refractivity contribution in [3.8, 4) is 0 Å². The highest BCUT2D eigenvalue weighted by Gasteiger charge is 2.48. The predicted molar refractivity (Wildman–Crippen MR) is 100 cm³/mol. The molecule has 25 heavy (non-hydrogen) atoms. The van der Waals surface area contributed by atoms with E-state index < -0.39 is 30.4 Å². The standard InChI is InChI=1S/C13H22N2O6S3.ClH/c1-2-15-11-6-9(8-21-5-3-4-16)23(17,18)13-10(11)7-12(22-13)24(14,19)20;/h6-7,10-11,13,15-16H,2-5,8H2,1H3,(H2,14,19,20);1H. The Morgan fingerprint density at radius 1 is 1.40 bits per heavy atom. The fourth-order valence-corrected chi connectivity index (χ4v) is 7.61. The van der Waals surface area contributed by atoms with E-state index in [1.165, 1.54) is 6.08 Å². The van der Waals surface area contributed by atoms with Gasteiger partial charge in [-0.15, -0.1) is 12.4 Å². The molecular formula is C13H23ClN2O6S3. The van der Waals surface area contributed by atoms with Gasteiger partial charge in [-0.05, 0) is 19.0 Å². The predicted octanol–water partition coefficient (Wildman–Crippen LogP) is -0.0834. The molecule has 0 aliphatic carbocycles. The molecule has 0 saturated carbocycles. The Hall–Kier alpha value is -0.140. The summed E-state index contributed by atoms with van der Waals surface area (Å²) in [5.41, 5.74) is 0. The minimum absolute atomic E-state index is 0. The van der Waals surface area contributed by atoms with Crippen molar-refractivity contribution in [3.05, 3.63) is 21.3 Å². The normalized spacial score (nSPS) is 27.9. The van der Waals surface area contributed by atoms with Crippen LogP contribution in [0.4, 0.5) is 0 Å². The first-order valence-corrected chi connectivity index (χ1v) is 11.5. The summed E-state index contributed by atoms with van der Waals surface area (Å²) in [4.78, 5) is 0.129. The monoisotopic (exact) mass is 434 g/mol. The molecule has 0 radical (unpaired) electrons. The van der Waals surface area contributed by atoms with Crippen molar-refractivity contribution in [1.29, 1.82) is 0 Å². The second kappa shape index (κ2) is 9.18. The van der Waals surface area contributed by atoms with Gasteiger partial charge in [0.2, 0.25) is 10.0 Å². The lowest BCUT2D eigenvalue weighted by molar-refractivity contribution is 0.136. The lowest BCUT2D eigenvalue weighted by Crippen LogP contribution is -2.44. The molecule has 2 aliphatic rings. The highest BCUT2D eigenvalue weighted by molar-refractivity contribution is 8.24. The third-order valence-corrected chi connectivity index (χ3v) is 9.29. The number of sulfone groups is 1. The summed E-state index contributed by atoms with van der Waals surface area (Å²) in [5.74, 6) is -0.505. The summed E-state index contributed by atoms with van der Waals surface area (Å²) in [7, 11) is -7.65. The fraction of sp³-hybridized carbons (Fsp3) is 0.692. The summed E-state index contributed by atoms with van der Waals surface area (Å²) in [6, 6.07) is -0.313. The molecule has 0 amide bonds. The van der Waals surface area contributed by atoms with Gasteiger partial charge in [0, 0.05) is 25.2 Å². The zero-order valence-electron chi connectivity index (χ0n) is 13.6. The third-order valence-electron chi connectivity index (χ3n) is 3.74. The molecule has 2 aliphatic heterocycles. The molecule has 12 heteroatoms. The summed E-state index contributed by atoms with van der Waals surface area (Å²) in [6.07, 6.45) is 3.43. The maximum Gasteiger partial charge on any atom is 0.243 e. The van der Waals surface area contributed by atoms with Gasteiger partial charge in [-0.25, -0.2) is 22.0 Å². The van der Waals surface area contributed by atoms with Crippen molar-refractivity contribution < 1.29 is 26.7 Å². The van der Waals surface area contributed by atoms with Crippen LogP contribution >= 0.6 is 24.2 Å². The van der Waals surface area contributed by atoms with Gasteiger partial charge in [0.05, 0.1) is 11.5 Å². The molecule has 2 rings (SSSR count). The van der Waals surface area contributed by atoms with E-state index in [1.807, 2.05) is 6.92 Å². The topological polar surface area (TPSA) is 136 Å². The minimum atomic E-state index is -3.94. The Labute approximate surface area is 158 Å². The van der Waals surface area contributed by atoms with E-state index in [1.54, 1.807) is 6.08 Å². The molecule has 3 atom stereocenters. The summed E-state index contributed by atoms with van der Waals surface area (Å²) >= 11 is 0.769. The van der Waals surface area contributed by atoms with E-state index in [0.717, 1.165) is 11.8 Å². The first kappa shape index (κ1) is 22.9. The molecule has 0 bridgehead atoms. The molecule has 0 aromatic carbocycles. The molecule has 146 valence electrons. The van der Waals surface area contributed by atoms with E-state index in [2.05, 4.69) is 5.32 Å². The number of primary sulfonamides is 1. The average Bonchev–Trinajstić information content (AvgIpc) is 2.95. The zero-order valence-corrected chi connectivity index (χ0v) is 16.9. The van der Waals surface area contributed by atoms with Crippen LogP contribution < -0.4 is 10.5 Å². The molecule has 0 aromatic heterocycles. The van der Waals surface area contributed by atoms with E-state index in [4.69, 9.17) is 15.0 Å². The Kier molecular flexibility index (Phi) is 8.41. The number of likely N-dealkylation sites (N-methyl/N-ethyl adjacent to an activating group) is 1. The number of ether oxygens (including phenoxy) is 1. The Morgan fingerprint density at radius 2 is 2.08 bits per heavy atom. The van der Waals surface area contributed by atoms with Crippen molar-refractivity contribution in [2.75, 3.05) is 26.4 Å². The second-order valence-corrected chi connectivity index (χ2v) is 10.9. The summed E-state index contributed by atoms with van der Waals surface area (Å²) in [6.45, 7) is 2.60. The number of hydrogen-bond acceptors (Lipinski definition) is 8. The van der Waals surface area contributed by atoms with Gasteiger partial charge >= 0.3 is 0 Å². The number of thioether (sulfide) groups is 1. The first-order valence-electron chi connectivity index (χ1n) is 7.49. The highest BCUT2D eigenvalue weighted by atomic mass is 35.5. The molecule has 0 saturated heterocycles. The quantitative estimate of drug-likeness (QED) is 0.451. The first-order chi connectivity index (χ1) is 11.2. The maximum atomic E-state index is 12.8. The number of halogens is 1. The summed E-state index contributed by atoms with van der Waals surface area (Å²) in [5, 5.41) is 17.1. The van der Waals surface area contributed by atoms with E-state index >= 15 is 0 Å². The van der Waals surface area contributed by atoms with Gasteiger partial charge in [0.1, 0.15) is 8.82 Å². The number of nitrogens with two attached hydrogens (primary N) is 1. The number of sulfonamides is 1. The number of rotatable bonds is 8. The zero-order chi connectivity index (χ0) is 18.0. The van der Waals surface area contributed by atoms with Crippen LogP contribution in [0.5, 0.6) is 0 Å². The van der Waals surface area contributed by atoms with E-state index in [9.17, 15) is 16.8 Å². The Bertz CT molecular complexity index is 735. The van der Waals surface area contributed by atoms with Crippen molar-refractivity contribution in [2.24, 2.45) is 11.1 Å². The van der Waals surface area contributed by atoms with Gasteiger partial charge in [0.15, 0.2) is 9.84 Å². The van der Waals surface area contributed by atoms with Crippen molar-refractivity contribution in [3.63, 3.8) is 0 Å². The Morgan fingerprint density at radius 3 is 2.64 bits per heavy atom. The average molecular weight is 435 g/mol. The van der Waals surface area contributed by atoms with Gasteiger partial charge in [0.25, 0.3) is 0 Å². The number of aliphatic hydroxyl groups is 1. The number of hydrogen-bond donors (Lipinski definition) is 3. The van der Waals surface area contributed by atoms with Crippen molar-refractivity contribution in [1.82, 2.24) is 5.32 Å². The summed E-state index contributed by atoms with van der Waals surface area (Å²) < 4.78 is 53.0. The van der Waals surface area contributed by atoms with E-state index in [0.29, 0.717) is 13.0 Å². The molecule has 2 heterocycles. The molecular weight excluding hydrogens is 412 g/mol. The van der Waals surface area contributed by atoms with Crippen LogP contribution in [0, 0.1) is 5.92 Å². The largest absolute Gasteiger partial charge is 0.396 e. The van der Waals surface area contributed by atoms with Crippen LogP contribution in [0.3, 0.4) is 0 Å². The number of fused-ring (bicyclic) bond motifs is 1. The molecule has 0 fully saturated rings. The van der Waals surface area contributed by atoms with Crippen LogP contribution in [-0.4, -0.2) is 58.9 Å². The van der Waals surface area contributed by atoms with E-state index in [-0.39, 0.29) is 47.4 Å². The number of nitrogens with one attached hydrogen (secondary N) is 1. The molecule has 4 N–H and O–H groups in total. The van der Waals surface area contributed by atoms with Crippen LogP contribution in [-0.2, 0) is 24.6 Å². The van der Waals surface area contributed by atoms with Gasteiger partial charge in [-0.1, -0.05) is 24.8 Å². The van der Waals surface area contributed by atoms with Crippen LogP contribution in [0.15, 0.2) is 21.3 Å². The van der Waals surface area contributed by atoms with Crippen LogP contribution in [0.2, 0.25) is 0 Å². The van der Waals surface area contributed by atoms with Crippen molar-refractivity contribution in [2.45, 2.75) is 24.0 Å². The third kappa shape index (κ3) is 5.19. The SMILES string of the molecule is CCNC1C=C(COCCCO)S(=O)(=O)C2SC(S(N)(=O)=O)=CC12.Cl. The second-order valence-electron chi connectivity index (χ2n) is 5.49. The fourth-order valence-electron chi connectivity index (χ4n) is 2.63. The number of aliphatic hydroxyl groups excluding tert-OH is 1. The molecule has 0 spiro atoms. The molecule has 8 nitrogen and oxygen atoms in total. The van der Waals surface area contributed by atoms with Gasteiger partial charge in [-0.3, -0.25) is 0 Å². The van der Waals surface area contributed by atoms with Gasteiger partial charge in [-0.2, -0.15) is 0 Å². The highest BCUT2D eigenvalue weighted by Crippen LogP contribution is 2.47. The lowest BCUT2D eigenvalue weighted by Gasteiger charge is -2.31.